The lowest BCUT2D eigenvalue weighted by molar-refractivity contribution is -0.131. The van der Waals surface area contributed by atoms with E-state index < -0.39 is 0 Å². The quantitative estimate of drug-likeness (QED) is 0.346. The summed E-state index contributed by atoms with van der Waals surface area (Å²) >= 11 is 1.65. The molecule has 1 fully saturated rings. The maximum absolute atomic E-state index is 12.6. The average molecular weight is 542 g/mol. The summed E-state index contributed by atoms with van der Waals surface area (Å²) in [6.07, 6.45) is 0.466. The predicted molar refractivity (Wildman–Crippen MR) is 135 cm³/mol. The molecule has 7 nitrogen and oxygen atoms in total. The average Bonchev–Trinajstić information content (AvgIpc) is 3.16. The molecule has 1 saturated heterocycles. The highest BCUT2D eigenvalue weighted by Crippen LogP contribution is 2.16. The van der Waals surface area contributed by atoms with Gasteiger partial charge in [0.15, 0.2) is 5.96 Å². The van der Waals surface area contributed by atoms with Crippen molar-refractivity contribution < 1.29 is 4.79 Å². The van der Waals surface area contributed by atoms with E-state index in [9.17, 15) is 4.79 Å². The van der Waals surface area contributed by atoms with E-state index in [0.29, 0.717) is 19.5 Å². The van der Waals surface area contributed by atoms with Crippen LogP contribution in [0.15, 0.2) is 40.7 Å². The lowest BCUT2D eigenvalue weighted by atomic mass is 10.2. The van der Waals surface area contributed by atoms with Crippen LogP contribution in [0.25, 0.3) is 0 Å². The standard InChI is InChI=1S/C21H30N6OS.HI/c1-17-24-18(16-29-17)15-25(3)21(22-2)23-10-9-20(28)27-13-11-26(12-14-27)19-7-5-4-6-8-19;/h4-8,16H,9-15H2,1-3H3,(H,22,23);1H. The van der Waals surface area contributed by atoms with Crippen LogP contribution in [0.1, 0.15) is 17.1 Å². The number of piperazine rings is 1. The number of para-hydroxylation sites is 1. The van der Waals surface area contributed by atoms with Crippen molar-refractivity contribution in [1.29, 1.82) is 0 Å². The van der Waals surface area contributed by atoms with Crippen molar-refractivity contribution in [3.8, 4) is 0 Å². The highest BCUT2D eigenvalue weighted by Gasteiger charge is 2.21. The molecule has 0 atom stereocenters. The normalized spacial score (nSPS) is 14.3. The Kier molecular flexibility index (Phi) is 9.83. The van der Waals surface area contributed by atoms with E-state index in [1.807, 2.05) is 29.8 Å². The Morgan fingerprint density at radius 2 is 1.93 bits per heavy atom. The minimum Gasteiger partial charge on any atom is -0.368 e. The van der Waals surface area contributed by atoms with Crippen LogP contribution < -0.4 is 10.2 Å². The summed E-state index contributed by atoms with van der Waals surface area (Å²) in [5.74, 6) is 0.968. The molecule has 3 rings (SSSR count). The molecule has 9 heteroatoms. The van der Waals surface area contributed by atoms with E-state index in [2.05, 4.69) is 49.8 Å². The highest BCUT2D eigenvalue weighted by molar-refractivity contribution is 14.0. The summed E-state index contributed by atoms with van der Waals surface area (Å²) in [5, 5.41) is 6.43. The lowest BCUT2D eigenvalue weighted by Crippen LogP contribution is -2.49. The fourth-order valence-electron chi connectivity index (χ4n) is 3.48. The number of halogens is 1. The number of anilines is 1. The first-order valence-corrected chi connectivity index (χ1v) is 10.9. The topological polar surface area (TPSA) is 64.1 Å². The minimum absolute atomic E-state index is 0. The first kappa shape index (κ1) is 24.4. The number of guanidine groups is 1. The first-order chi connectivity index (χ1) is 14.1. The molecular formula is C21H31IN6OS. The van der Waals surface area contributed by atoms with Crippen molar-refractivity contribution in [1.82, 2.24) is 20.1 Å². The van der Waals surface area contributed by atoms with Gasteiger partial charge in [-0.3, -0.25) is 9.79 Å². The van der Waals surface area contributed by atoms with E-state index in [1.54, 1.807) is 18.4 Å². The van der Waals surface area contributed by atoms with Crippen molar-refractivity contribution in [3.05, 3.63) is 46.4 Å². The molecule has 164 valence electrons. The molecule has 0 spiro atoms. The van der Waals surface area contributed by atoms with Gasteiger partial charge < -0.3 is 20.0 Å². The molecule has 0 saturated carbocycles. The molecule has 0 aliphatic carbocycles. The number of aromatic nitrogens is 1. The van der Waals surface area contributed by atoms with Crippen molar-refractivity contribution in [2.75, 3.05) is 51.7 Å². The second kappa shape index (κ2) is 12.1. The molecule has 2 aromatic rings. The number of amides is 1. The molecule has 1 amide bonds. The van der Waals surface area contributed by atoms with Gasteiger partial charge in [0, 0.05) is 64.3 Å². The molecule has 0 unspecified atom stereocenters. The van der Waals surface area contributed by atoms with Crippen LogP contribution in [0.2, 0.25) is 0 Å². The van der Waals surface area contributed by atoms with E-state index in [0.717, 1.165) is 42.8 Å². The van der Waals surface area contributed by atoms with Crippen molar-refractivity contribution in [2.24, 2.45) is 4.99 Å². The number of aryl methyl sites for hydroxylation is 1. The molecule has 1 aromatic heterocycles. The van der Waals surface area contributed by atoms with E-state index in [4.69, 9.17) is 0 Å². The third-order valence-corrected chi connectivity index (χ3v) is 5.84. The number of benzene rings is 1. The zero-order chi connectivity index (χ0) is 20.6. The van der Waals surface area contributed by atoms with Gasteiger partial charge in [-0.25, -0.2) is 4.98 Å². The fraction of sp³-hybridized carbons (Fsp3) is 0.476. The zero-order valence-corrected chi connectivity index (χ0v) is 21.0. The van der Waals surface area contributed by atoms with Gasteiger partial charge in [0.25, 0.3) is 0 Å². The molecule has 1 aliphatic rings. The Morgan fingerprint density at radius 1 is 1.23 bits per heavy atom. The number of thiazole rings is 1. The third kappa shape index (κ3) is 6.83. The molecule has 0 radical (unpaired) electrons. The zero-order valence-electron chi connectivity index (χ0n) is 17.9. The van der Waals surface area contributed by atoms with Gasteiger partial charge >= 0.3 is 0 Å². The summed E-state index contributed by atoms with van der Waals surface area (Å²) in [7, 11) is 3.74. The second-order valence-electron chi connectivity index (χ2n) is 7.14. The number of rotatable bonds is 6. The number of nitrogens with one attached hydrogen (secondary N) is 1. The number of carbonyl (C=O) groups excluding carboxylic acids is 1. The second-order valence-corrected chi connectivity index (χ2v) is 8.20. The summed E-state index contributed by atoms with van der Waals surface area (Å²) in [4.78, 5) is 27.7. The summed E-state index contributed by atoms with van der Waals surface area (Å²) < 4.78 is 0. The van der Waals surface area contributed by atoms with Gasteiger partial charge in [-0.05, 0) is 19.1 Å². The van der Waals surface area contributed by atoms with Gasteiger partial charge in [-0.2, -0.15) is 0 Å². The number of hydrogen-bond donors (Lipinski definition) is 1. The predicted octanol–water partition coefficient (Wildman–Crippen LogP) is 2.82. The molecule has 1 aliphatic heterocycles. The number of aliphatic imine (C=N–C) groups is 1. The summed E-state index contributed by atoms with van der Waals surface area (Å²) in [6, 6.07) is 10.4. The van der Waals surface area contributed by atoms with Crippen molar-refractivity contribution in [2.45, 2.75) is 19.9 Å². The molecular weight excluding hydrogens is 511 g/mol. The van der Waals surface area contributed by atoms with Crippen LogP contribution >= 0.6 is 35.3 Å². The Morgan fingerprint density at radius 3 is 2.53 bits per heavy atom. The molecule has 1 aromatic carbocycles. The monoisotopic (exact) mass is 542 g/mol. The van der Waals surface area contributed by atoms with Crippen LogP contribution in [0, 0.1) is 6.92 Å². The molecule has 2 heterocycles. The Balaban J connectivity index is 0.00000320. The van der Waals surface area contributed by atoms with Crippen molar-refractivity contribution >= 4 is 52.9 Å². The van der Waals surface area contributed by atoms with Gasteiger partial charge in [0.05, 0.1) is 17.2 Å². The smallest absolute Gasteiger partial charge is 0.224 e. The maximum atomic E-state index is 12.6. The number of nitrogens with zero attached hydrogens (tertiary/aromatic N) is 5. The van der Waals surface area contributed by atoms with Gasteiger partial charge in [0.1, 0.15) is 0 Å². The number of hydrogen-bond acceptors (Lipinski definition) is 5. The molecule has 0 bridgehead atoms. The SMILES string of the molecule is CN=C(NCCC(=O)N1CCN(c2ccccc2)CC1)N(C)Cc1csc(C)n1.I. The van der Waals surface area contributed by atoms with Gasteiger partial charge in [0.2, 0.25) is 5.91 Å². The minimum atomic E-state index is 0. The third-order valence-electron chi connectivity index (χ3n) is 5.01. The van der Waals surface area contributed by atoms with Crippen LogP contribution in [0.3, 0.4) is 0 Å². The van der Waals surface area contributed by atoms with Crippen LogP contribution in [0.5, 0.6) is 0 Å². The Bertz CT molecular complexity index is 820. The lowest BCUT2D eigenvalue weighted by Gasteiger charge is -2.36. The fourth-order valence-corrected chi connectivity index (χ4v) is 4.08. The van der Waals surface area contributed by atoms with Gasteiger partial charge in [-0.1, -0.05) is 18.2 Å². The molecule has 30 heavy (non-hydrogen) atoms. The largest absolute Gasteiger partial charge is 0.368 e. The highest BCUT2D eigenvalue weighted by atomic mass is 127. The number of carbonyl (C=O) groups is 1. The van der Waals surface area contributed by atoms with E-state index >= 15 is 0 Å². The summed E-state index contributed by atoms with van der Waals surface area (Å²) in [6.45, 7) is 6.56. The summed E-state index contributed by atoms with van der Waals surface area (Å²) in [5.41, 5.74) is 2.26. The molecule has 1 N–H and O–H groups in total. The Labute approximate surface area is 200 Å². The van der Waals surface area contributed by atoms with Crippen LogP contribution in [-0.4, -0.2) is 73.5 Å². The van der Waals surface area contributed by atoms with E-state index in [-0.39, 0.29) is 29.9 Å². The van der Waals surface area contributed by atoms with Gasteiger partial charge in [-0.15, -0.1) is 35.3 Å². The van der Waals surface area contributed by atoms with Crippen LogP contribution in [0.4, 0.5) is 5.69 Å². The van der Waals surface area contributed by atoms with Crippen LogP contribution in [-0.2, 0) is 11.3 Å². The first-order valence-electron chi connectivity index (χ1n) is 9.97. The maximum Gasteiger partial charge on any atom is 0.224 e. The van der Waals surface area contributed by atoms with Crippen molar-refractivity contribution in [3.63, 3.8) is 0 Å². The van der Waals surface area contributed by atoms with E-state index in [1.165, 1.54) is 5.69 Å². The Hall–Kier alpha value is -1.88.